The second-order valence-electron chi connectivity index (χ2n) is 1.35. The number of nitrogens with one attached hydrogen (secondary N) is 1. The molecule has 6 heavy (non-hydrogen) atoms. The van der Waals surface area contributed by atoms with Crippen LogP contribution < -0.4 is 0 Å². The molecule has 2 heteroatoms. The van der Waals surface area contributed by atoms with E-state index in [1.807, 2.05) is 6.08 Å². The lowest BCUT2D eigenvalue weighted by Crippen LogP contribution is -1.86. The largest absolute Gasteiger partial charge is 0.205 e. The molecule has 0 spiro atoms. The molecule has 0 radical (unpaired) electrons. The first kappa shape index (κ1) is 3.53. The smallest absolute Gasteiger partial charge is 0.0587 e. The van der Waals surface area contributed by atoms with Gasteiger partial charge in [0.1, 0.15) is 0 Å². The van der Waals surface area contributed by atoms with E-state index in [0.717, 1.165) is 18.5 Å². The van der Waals surface area contributed by atoms with E-state index in [2.05, 4.69) is 5.11 Å². The summed E-state index contributed by atoms with van der Waals surface area (Å²) < 4.78 is 0. The van der Waals surface area contributed by atoms with E-state index in [-0.39, 0.29) is 0 Å². The molecule has 0 aromatic heterocycles. The summed E-state index contributed by atoms with van der Waals surface area (Å²) in [6.07, 6.45) is 4.11. The predicted molar refractivity (Wildman–Crippen MR) is 22.5 cm³/mol. The van der Waals surface area contributed by atoms with Crippen molar-refractivity contribution in [2.24, 2.45) is 5.11 Å². The Morgan fingerprint density at radius 3 is 2.50 bits per heavy atom. The van der Waals surface area contributed by atoms with E-state index in [1.54, 1.807) is 0 Å². The Kier molecular flexibility index (Phi) is 0.708. The lowest BCUT2D eigenvalue weighted by molar-refractivity contribution is 0.814. The molecule has 0 saturated carbocycles. The summed E-state index contributed by atoms with van der Waals surface area (Å²) in [6, 6.07) is 0. The Morgan fingerprint density at radius 2 is 2.50 bits per heavy atom. The highest BCUT2D eigenvalue weighted by Gasteiger charge is 2.00. The van der Waals surface area contributed by atoms with Crippen molar-refractivity contribution in [3.05, 3.63) is 11.8 Å². The Hall–Kier alpha value is -0.660. The molecule has 0 amide bonds. The number of nitrogens with zero attached hydrogens (tertiary/aromatic N) is 1. The van der Waals surface area contributed by atoms with Gasteiger partial charge in [-0.3, -0.25) is 0 Å². The predicted octanol–water partition coefficient (Wildman–Crippen LogP) is 1.70. The highest BCUT2D eigenvalue weighted by atomic mass is 15.0. The van der Waals surface area contributed by atoms with Gasteiger partial charge >= 0.3 is 0 Å². The van der Waals surface area contributed by atoms with Gasteiger partial charge in [0.25, 0.3) is 0 Å². The van der Waals surface area contributed by atoms with E-state index in [9.17, 15) is 0 Å². The lowest BCUT2D eigenvalue weighted by Gasteiger charge is -2.03. The summed E-state index contributed by atoms with van der Waals surface area (Å²) in [5, 5.41) is 3.20. The average molecular weight is 82.1 g/mol. The Labute approximate surface area is 36.4 Å². The van der Waals surface area contributed by atoms with Crippen LogP contribution in [0.25, 0.3) is 0 Å². The fraction of sp³-hybridized carbons (Fsp3) is 0.500. The van der Waals surface area contributed by atoms with Gasteiger partial charge in [-0.05, 0) is 12.8 Å². The van der Waals surface area contributed by atoms with Gasteiger partial charge in [0.15, 0.2) is 0 Å². The quantitative estimate of drug-likeness (QED) is 0.467. The molecule has 0 fully saturated rings. The fourth-order valence-corrected chi connectivity index (χ4v) is 0.375. The van der Waals surface area contributed by atoms with Crippen LogP contribution in [0.1, 0.15) is 12.8 Å². The third kappa shape index (κ3) is 0.339. The zero-order valence-electron chi connectivity index (χ0n) is 3.44. The zero-order valence-corrected chi connectivity index (χ0v) is 3.44. The SMILES string of the molecule is N=NC1=CCC1. The molecule has 1 rings (SSSR count). The first-order chi connectivity index (χ1) is 2.93. The minimum atomic E-state index is 0.940. The molecule has 1 aliphatic carbocycles. The summed E-state index contributed by atoms with van der Waals surface area (Å²) in [5.74, 6) is 0. The second kappa shape index (κ2) is 1.20. The van der Waals surface area contributed by atoms with Gasteiger partial charge in [0.05, 0.1) is 5.70 Å². The minimum Gasteiger partial charge on any atom is -0.205 e. The van der Waals surface area contributed by atoms with Crippen molar-refractivity contribution >= 4 is 0 Å². The van der Waals surface area contributed by atoms with E-state index in [0.29, 0.717) is 0 Å². The highest BCUT2D eigenvalue weighted by Crippen LogP contribution is 2.17. The molecule has 0 bridgehead atoms. The number of hydrogen-bond acceptors (Lipinski definition) is 2. The zero-order chi connectivity index (χ0) is 4.41. The van der Waals surface area contributed by atoms with Crippen molar-refractivity contribution in [1.29, 1.82) is 5.53 Å². The molecule has 2 nitrogen and oxygen atoms in total. The summed E-state index contributed by atoms with van der Waals surface area (Å²) in [4.78, 5) is 0. The van der Waals surface area contributed by atoms with Crippen molar-refractivity contribution in [2.45, 2.75) is 12.8 Å². The topological polar surface area (TPSA) is 36.2 Å². The van der Waals surface area contributed by atoms with Gasteiger partial charge in [0.2, 0.25) is 0 Å². The maximum Gasteiger partial charge on any atom is 0.0587 e. The van der Waals surface area contributed by atoms with Crippen LogP contribution in [0.4, 0.5) is 0 Å². The molecule has 0 aliphatic heterocycles. The van der Waals surface area contributed by atoms with Crippen LogP contribution in [0.2, 0.25) is 0 Å². The molecule has 1 N–H and O–H groups in total. The molecule has 0 unspecified atom stereocenters. The van der Waals surface area contributed by atoms with E-state index < -0.39 is 0 Å². The fourth-order valence-electron chi connectivity index (χ4n) is 0.375. The van der Waals surface area contributed by atoms with Gasteiger partial charge < -0.3 is 0 Å². The monoisotopic (exact) mass is 82.1 g/mol. The Bertz CT molecular complexity index is 93.7. The molecule has 32 valence electrons. The minimum absolute atomic E-state index is 0.940. The molecular weight excluding hydrogens is 76.1 g/mol. The van der Waals surface area contributed by atoms with Crippen LogP contribution >= 0.6 is 0 Å². The standard InChI is InChI=1S/C4H6N2/c5-6-4-2-1-3-4/h2,5H,1,3H2. The van der Waals surface area contributed by atoms with Crippen LogP contribution in [-0.4, -0.2) is 0 Å². The highest BCUT2D eigenvalue weighted by molar-refractivity contribution is 5.08. The van der Waals surface area contributed by atoms with Gasteiger partial charge in [0, 0.05) is 0 Å². The van der Waals surface area contributed by atoms with E-state index >= 15 is 0 Å². The molecule has 1 aliphatic rings. The second-order valence-corrected chi connectivity index (χ2v) is 1.35. The van der Waals surface area contributed by atoms with Crippen molar-refractivity contribution < 1.29 is 0 Å². The van der Waals surface area contributed by atoms with E-state index in [1.165, 1.54) is 0 Å². The van der Waals surface area contributed by atoms with Crippen molar-refractivity contribution in [1.82, 2.24) is 0 Å². The van der Waals surface area contributed by atoms with Gasteiger partial charge in [-0.2, -0.15) is 5.11 Å². The molecule has 0 aromatic carbocycles. The van der Waals surface area contributed by atoms with Crippen LogP contribution in [0, 0.1) is 5.53 Å². The normalized spacial score (nSPS) is 18.3. The summed E-state index contributed by atoms with van der Waals surface area (Å²) >= 11 is 0. The van der Waals surface area contributed by atoms with E-state index in [4.69, 9.17) is 5.53 Å². The summed E-state index contributed by atoms with van der Waals surface area (Å²) in [6.45, 7) is 0. The third-order valence-electron chi connectivity index (χ3n) is 0.924. The first-order valence-electron chi connectivity index (χ1n) is 2.00. The maximum atomic E-state index is 6.42. The Balaban J connectivity index is 2.52. The van der Waals surface area contributed by atoms with Crippen molar-refractivity contribution in [3.8, 4) is 0 Å². The van der Waals surface area contributed by atoms with Crippen LogP contribution in [0.3, 0.4) is 0 Å². The maximum absolute atomic E-state index is 6.42. The van der Waals surface area contributed by atoms with Crippen LogP contribution in [0.15, 0.2) is 16.9 Å². The van der Waals surface area contributed by atoms with Crippen LogP contribution in [-0.2, 0) is 0 Å². The van der Waals surface area contributed by atoms with Gasteiger partial charge in [-0.1, -0.05) is 6.08 Å². The Morgan fingerprint density at radius 1 is 1.83 bits per heavy atom. The molecule has 0 heterocycles. The van der Waals surface area contributed by atoms with Crippen molar-refractivity contribution in [2.75, 3.05) is 0 Å². The third-order valence-corrected chi connectivity index (χ3v) is 0.924. The average Bonchev–Trinajstić information content (AvgIpc) is 1.31. The van der Waals surface area contributed by atoms with Crippen molar-refractivity contribution in [3.63, 3.8) is 0 Å². The molecule has 0 saturated heterocycles. The molecule has 0 atom stereocenters. The van der Waals surface area contributed by atoms with Crippen LogP contribution in [0.5, 0.6) is 0 Å². The van der Waals surface area contributed by atoms with Gasteiger partial charge in [-0.25, -0.2) is 5.53 Å². The first-order valence-corrected chi connectivity index (χ1v) is 2.00. The molecular formula is C4H6N2. The summed E-state index contributed by atoms with van der Waals surface area (Å²) in [5.41, 5.74) is 7.36. The number of rotatable bonds is 1. The molecule has 0 aromatic rings. The number of hydrogen-bond donors (Lipinski definition) is 1. The summed E-state index contributed by atoms with van der Waals surface area (Å²) in [7, 11) is 0. The lowest BCUT2D eigenvalue weighted by atomic mass is 10.1. The number of allylic oxidation sites excluding steroid dienone is 2. The van der Waals surface area contributed by atoms with Gasteiger partial charge in [-0.15, -0.1) is 0 Å².